The summed E-state index contributed by atoms with van der Waals surface area (Å²) in [6, 6.07) is 19.4. The topological polar surface area (TPSA) is 76.2 Å². The number of carbonyl (C=O) groups excluding carboxylic acids is 3. The van der Waals surface area contributed by atoms with Crippen molar-refractivity contribution in [2.75, 3.05) is 17.8 Å². The second kappa shape index (κ2) is 10.9. The third-order valence-electron chi connectivity index (χ3n) is 6.41. The first kappa shape index (κ1) is 26.5. The van der Waals surface area contributed by atoms with E-state index in [1.165, 1.54) is 37.4 Å². The first-order valence-electron chi connectivity index (χ1n) is 11.9. The van der Waals surface area contributed by atoms with Crippen molar-refractivity contribution in [3.63, 3.8) is 0 Å². The molecule has 1 saturated heterocycles. The average Bonchev–Trinajstić information content (AvgIpc) is 3.51. The number of halogens is 1. The summed E-state index contributed by atoms with van der Waals surface area (Å²) in [7, 11) is 1.55. The van der Waals surface area contributed by atoms with E-state index in [4.69, 9.17) is 21.1 Å². The lowest BCUT2D eigenvalue weighted by atomic mass is 10.1. The van der Waals surface area contributed by atoms with Gasteiger partial charge in [-0.1, -0.05) is 53.7 Å². The highest BCUT2D eigenvalue weighted by Crippen LogP contribution is 2.54. The number of amides is 2. The SMILES string of the molecule is COc1ccc(OC(=O)[C@@H]2CS[C@H](c3ccccc3)N2C(C)=O)c(C2Sc3cc(Cl)ccc3N2C(C)=O)c1. The smallest absolute Gasteiger partial charge is 0.335 e. The van der Waals surface area contributed by atoms with Crippen molar-refractivity contribution in [3.8, 4) is 11.5 Å². The zero-order valence-electron chi connectivity index (χ0n) is 20.9. The number of esters is 1. The molecule has 2 aliphatic heterocycles. The molecular formula is C28H25ClN2O5S2. The molecule has 2 heterocycles. The zero-order chi connectivity index (χ0) is 27.0. The zero-order valence-corrected chi connectivity index (χ0v) is 23.3. The highest BCUT2D eigenvalue weighted by atomic mass is 35.5. The molecule has 0 spiro atoms. The molecular weight excluding hydrogens is 544 g/mol. The van der Waals surface area contributed by atoms with Crippen molar-refractivity contribution < 1.29 is 23.9 Å². The van der Waals surface area contributed by atoms with Crippen LogP contribution in [0.25, 0.3) is 0 Å². The summed E-state index contributed by atoms with van der Waals surface area (Å²) in [5, 5.41) is -0.217. The summed E-state index contributed by atoms with van der Waals surface area (Å²) in [5.41, 5.74) is 2.28. The van der Waals surface area contributed by atoms with Crippen LogP contribution in [0.15, 0.2) is 71.6 Å². The molecule has 0 radical (unpaired) electrons. The number of fused-ring (bicyclic) bond motifs is 1. The Bertz CT molecular complexity index is 1400. The minimum atomic E-state index is -0.756. The summed E-state index contributed by atoms with van der Waals surface area (Å²) in [6.07, 6.45) is 0. The molecule has 2 aliphatic rings. The highest BCUT2D eigenvalue weighted by molar-refractivity contribution is 8.00. The van der Waals surface area contributed by atoms with E-state index in [9.17, 15) is 14.4 Å². The van der Waals surface area contributed by atoms with Crippen molar-refractivity contribution >= 4 is 58.6 Å². The largest absolute Gasteiger partial charge is 0.497 e. The first-order valence-corrected chi connectivity index (χ1v) is 14.2. The van der Waals surface area contributed by atoms with Crippen LogP contribution in [0.4, 0.5) is 5.69 Å². The van der Waals surface area contributed by atoms with Crippen molar-refractivity contribution in [2.24, 2.45) is 0 Å². The lowest BCUT2D eigenvalue weighted by molar-refractivity contribution is -0.146. The molecule has 10 heteroatoms. The number of nitrogens with zero attached hydrogens (tertiary/aromatic N) is 2. The van der Waals surface area contributed by atoms with E-state index in [2.05, 4.69) is 0 Å². The van der Waals surface area contributed by atoms with Crippen LogP contribution in [0.3, 0.4) is 0 Å². The molecule has 0 bridgehead atoms. The monoisotopic (exact) mass is 568 g/mol. The molecule has 0 aliphatic carbocycles. The highest BCUT2D eigenvalue weighted by Gasteiger charge is 2.43. The van der Waals surface area contributed by atoms with Gasteiger partial charge in [0.05, 0.1) is 12.8 Å². The van der Waals surface area contributed by atoms with Gasteiger partial charge >= 0.3 is 5.97 Å². The van der Waals surface area contributed by atoms with E-state index in [0.29, 0.717) is 27.8 Å². The van der Waals surface area contributed by atoms with Crippen LogP contribution in [0.2, 0.25) is 5.02 Å². The van der Waals surface area contributed by atoms with Gasteiger partial charge in [-0.15, -0.1) is 11.8 Å². The second-order valence-electron chi connectivity index (χ2n) is 8.83. The van der Waals surface area contributed by atoms with Crippen LogP contribution >= 0.6 is 35.1 Å². The molecule has 0 aromatic heterocycles. The molecule has 0 saturated carbocycles. The molecule has 2 amide bonds. The van der Waals surface area contributed by atoms with Crippen LogP contribution in [0, 0.1) is 0 Å². The Labute approximate surface area is 234 Å². The minimum Gasteiger partial charge on any atom is -0.497 e. The minimum absolute atomic E-state index is 0.163. The summed E-state index contributed by atoms with van der Waals surface area (Å²) < 4.78 is 11.4. The molecule has 5 rings (SSSR count). The Balaban J connectivity index is 1.47. The number of benzene rings is 3. The first-order chi connectivity index (χ1) is 18.3. The molecule has 3 atom stereocenters. The van der Waals surface area contributed by atoms with E-state index in [-0.39, 0.29) is 17.2 Å². The number of hydrogen-bond donors (Lipinski definition) is 0. The molecule has 7 nitrogen and oxygen atoms in total. The summed E-state index contributed by atoms with van der Waals surface area (Å²) >= 11 is 9.19. The molecule has 3 aromatic carbocycles. The number of anilines is 1. The standard InChI is InChI=1S/C28H25ClN2O5S2/c1-16(32)30-22-11-9-19(29)13-25(22)38-27(30)21-14-20(35-3)10-12-24(21)36-28(34)23-15-37-26(31(23)17(2)33)18-7-5-4-6-8-18/h4-14,23,26-27H,15H2,1-3H3/t23-,26+,27?/m0/s1. The Hall–Kier alpha value is -3.14. The third-order valence-corrected chi connectivity index (χ3v) is 9.24. The van der Waals surface area contributed by atoms with E-state index in [1.807, 2.05) is 42.5 Å². The quantitative estimate of drug-likeness (QED) is 0.273. The lowest BCUT2D eigenvalue weighted by Crippen LogP contribution is -2.44. The number of thioether (sulfide) groups is 2. The van der Waals surface area contributed by atoms with Gasteiger partial charge in [-0.05, 0) is 42.0 Å². The van der Waals surface area contributed by atoms with Crippen LogP contribution in [0.1, 0.15) is 35.7 Å². The van der Waals surface area contributed by atoms with E-state index in [1.54, 1.807) is 41.2 Å². The van der Waals surface area contributed by atoms with E-state index in [0.717, 1.165) is 16.1 Å². The van der Waals surface area contributed by atoms with Gasteiger partial charge < -0.3 is 14.4 Å². The van der Waals surface area contributed by atoms with E-state index < -0.39 is 17.4 Å². The maximum absolute atomic E-state index is 13.5. The summed E-state index contributed by atoms with van der Waals surface area (Å²) in [4.78, 5) is 43.0. The maximum Gasteiger partial charge on any atom is 0.335 e. The molecule has 0 N–H and O–H groups in total. The van der Waals surface area contributed by atoms with Crippen molar-refractivity contribution in [2.45, 2.75) is 35.5 Å². The Kier molecular flexibility index (Phi) is 7.61. The normalized spacial score (nSPS) is 20.3. The number of carbonyl (C=O) groups is 3. The van der Waals surface area contributed by atoms with Crippen molar-refractivity contribution in [3.05, 3.63) is 82.9 Å². The van der Waals surface area contributed by atoms with Gasteiger partial charge in [0.2, 0.25) is 11.8 Å². The second-order valence-corrected chi connectivity index (χ2v) is 11.5. The van der Waals surface area contributed by atoms with Gasteiger partial charge in [-0.25, -0.2) is 4.79 Å². The van der Waals surface area contributed by atoms with Crippen LogP contribution in [-0.4, -0.2) is 41.6 Å². The average molecular weight is 569 g/mol. The maximum atomic E-state index is 13.5. The Morgan fingerprint density at radius 2 is 1.71 bits per heavy atom. The Morgan fingerprint density at radius 3 is 2.39 bits per heavy atom. The number of methoxy groups -OCH3 is 1. The van der Waals surface area contributed by atoms with Crippen LogP contribution < -0.4 is 14.4 Å². The fourth-order valence-electron chi connectivity index (χ4n) is 4.68. The van der Waals surface area contributed by atoms with Gasteiger partial charge in [0, 0.05) is 35.1 Å². The summed E-state index contributed by atoms with van der Waals surface area (Å²) in [5.74, 6) is 0.367. The Morgan fingerprint density at radius 1 is 0.947 bits per heavy atom. The fourth-order valence-corrected chi connectivity index (χ4v) is 7.79. The van der Waals surface area contributed by atoms with Gasteiger partial charge in [0.15, 0.2) is 0 Å². The van der Waals surface area contributed by atoms with Gasteiger partial charge in [-0.3, -0.25) is 14.5 Å². The van der Waals surface area contributed by atoms with Gasteiger partial charge in [0.25, 0.3) is 0 Å². The number of hydrogen-bond acceptors (Lipinski definition) is 7. The van der Waals surface area contributed by atoms with E-state index >= 15 is 0 Å². The molecule has 196 valence electrons. The van der Waals surface area contributed by atoms with Crippen LogP contribution in [0.5, 0.6) is 11.5 Å². The predicted octanol–water partition coefficient (Wildman–Crippen LogP) is 6.07. The van der Waals surface area contributed by atoms with Gasteiger partial charge in [-0.2, -0.15) is 0 Å². The molecule has 1 unspecified atom stereocenters. The summed E-state index contributed by atoms with van der Waals surface area (Å²) in [6.45, 7) is 2.95. The molecule has 1 fully saturated rings. The molecule has 3 aromatic rings. The van der Waals surface area contributed by atoms with Crippen molar-refractivity contribution in [1.29, 1.82) is 0 Å². The molecule has 38 heavy (non-hydrogen) atoms. The number of rotatable bonds is 5. The van der Waals surface area contributed by atoms with Crippen LogP contribution in [-0.2, 0) is 14.4 Å². The third kappa shape index (κ3) is 4.98. The van der Waals surface area contributed by atoms with Gasteiger partial charge in [0.1, 0.15) is 28.3 Å². The predicted molar refractivity (Wildman–Crippen MR) is 150 cm³/mol. The fraction of sp³-hybridized carbons (Fsp3) is 0.250. The van der Waals surface area contributed by atoms with Crippen molar-refractivity contribution in [1.82, 2.24) is 4.90 Å². The lowest BCUT2D eigenvalue weighted by Gasteiger charge is -2.28. The number of ether oxygens (including phenoxy) is 2.